The van der Waals surface area contributed by atoms with E-state index in [1.165, 1.54) is 6.07 Å². The Hall–Kier alpha value is -3.48. The standard InChI is InChI=1S/C17H15N5O2/c18-14-4-2-1-3-12(14)10-20-16(23)13-9-15(21-22-17(13)24)11-5-7-19-8-6-11/h1-9H,10,18H2,(H,20,23)(H,22,24). The summed E-state index contributed by atoms with van der Waals surface area (Å²) in [5.41, 5.74) is 7.89. The highest BCUT2D eigenvalue weighted by molar-refractivity contribution is 5.94. The Morgan fingerprint density at radius 1 is 1.17 bits per heavy atom. The largest absolute Gasteiger partial charge is 0.398 e. The average molecular weight is 321 g/mol. The number of nitrogens with two attached hydrogens (primary N) is 1. The number of hydrogen-bond donors (Lipinski definition) is 3. The average Bonchev–Trinajstić information content (AvgIpc) is 2.62. The van der Waals surface area contributed by atoms with Gasteiger partial charge < -0.3 is 11.1 Å². The minimum atomic E-state index is -0.550. The number of nitrogens with zero attached hydrogens (tertiary/aromatic N) is 2. The number of amides is 1. The highest BCUT2D eigenvalue weighted by Gasteiger charge is 2.13. The Bertz CT molecular complexity index is 922. The van der Waals surface area contributed by atoms with Gasteiger partial charge in [-0.15, -0.1) is 0 Å². The summed E-state index contributed by atoms with van der Waals surface area (Å²) in [6.07, 6.45) is 3.22. The van der Waals surface area contributed by atoms with E-state index >= 15 is 0 Å². The van der Waals surface area contributed by atoms with E-state index in [1.54, 1.807) is 30.6 Å². The molecule has 0 saturated heterocycles. The second-order valence-corrected chi connectivity index (χ2v) is 5.11. The Morgan fingerprint density at radius 3 is 2.67 bits per heavy atom. The zero-order valence-electron chi connectivity index (χ0n) is 12.7. The Morgan fingerprint density at radius 2 is 1.92 bits per heavy atom. The van der Waals surface area contributed by atoms with Gasteiger partial charge in [0, 0.05) is 30.2 Å². The Labute approximate surface area is 137 Å². The number of para-hydroxylation sites is 1. The van der Waals surface area contributed by atoms with Crippen LogP contribution in [0.15, 0.2) is 59.7 Å². The maximum Gasteiger partial charge on any atom is 0.277 e. The van der Waals surface area contributed by atoms with Crippen molar-refractivity contribution in [1.29, 1.82) is 0 Å². The molecule has 120 valence electrons. The number of hydrogen-bond acceptors (Lipinski definition) is 5. The molecule has 0 radical (unpaired) electrons. The molecule has 1 aromatic carbocycles. The van der Waals surface area contributed by atoms with Crippen molar-refractivity contribution >= 4 is 11.6 Å². The van der Waals surface area contributed by atoms with Crippen molar-refractivity contribution in [3.63, 3.8) is 0 Å². The predicted molar refractivity (Wildman–Crippen MR) is 90.1 cm³/mol. The molecule has 0 bridgehead atoms. The quantitative estimate of drug-likeness (QED) is 0.628. The molecular weight excluding hydrogens is 306 g/mol. The third-order valence-corrected chi connectivity index (χ3v) is 3.52. The minimum absolute atomic E-state index is 0.00804. The molecule has 0 saturated carbocycles. The van der Waals surface area contributed by atoms with Crippen LogP contribution in [0.25, 0.3) is 11.3 Å². The van der Waals surface area contributed by atoms with Crippen molar-refractivity contribution < 1.29 is 4.79 Å². The number of aromatic amines is 1. The Kier molecular flexibility index (Phi) is 4.33. The molecule has 3 rings (SSSR count). The molecule has 1 amide bonds. The lowest BCUT2D eigenvalue weighted by atomic mass is 10.1. The van der Waals surface area contributed by atoms with Crippen molar-refractivity contribution in [3.05, 3.63) is 76.3 Å². The third-order valence-electron chi connectivity index (χ3n) is 3.52. The summed E-state index contributed by atoms with van der Waals surface area (Å²) in [5.74, 6) is -0.489. The maximum atomic E-state index is 12.3. The van der Waals surface area contributed by atoms with Crippen LogP contribution in [0.4, 0.5) is 5.69 Å². The molecule has 2 heterocycles. The van der Waals surface area contributed by atoms with E-state index in [0.717, 1.165) is 11.1 Å². The Balaban J connectivity index is 1.82. The van der Waals surface area contributed by atoms with Crippen LogP contribution in [-0.2, 0) is 6.54 Å². The minimum Gasteiger partial charge on any atom is -0.398 e. The van der Waals surface area contributed by atoms with E-state index in [4.69, 9.17) is 5.73 Å². The molecule has 0 fully saturated rings. The fourth-order valence-electron chi connectivity index (χ4n) is 2.21. The van der Waals surface area contributed by atoms with Gasteiger partial charge in [-0.2, -0.15) is 5.10 Å². The van der Waals surface area contributed by atoms with Gasteiger partial charge in [0.15, 0.2) is 0 Å². The number of H-pyrrole nitrogens is 1. The first-order chi connectivity index (χ1) is 11.6. The summed E-state index contributed by atoms with van der Waals surface area (Å²) in [5, 5.41) is 9.00. The van der Waals surface area contributed by atoms with Gasteiger partial charge >= 0.3 is 0 Å². The predicted octanol–water partition coefficient (Wildman–Crippen LogP) is 1.34. The van der Waals surface area contributed by atoms with Gasteiger partial charge in [0.05, 0.1) is 5.69 Å². The summed E-state index contributed by atoms with van der Waals surface area (Å²) in [4.78, 5) is 28.2. The van der Waals surface area contributed by atoms with Crippen molar-refractivity contribution in [2.45, 2.75) is 6.54 Å². The molecule has 4 N–H and O–H groups in total. The first kappa shape index (κ1) is 15.4. The number of nitrogens with one attached hydrogen (secondary N) is 2. The van der Waals surface area contributed by atoms with Gasteiger partial charge in [0.25, 0.3) is 11.5 Å². The molecule has 0 aliphatic rings. The van der Waals surface area contributed by atoms with Crippen LogP contribution < -0.4 is 16.6 Å². The van der Waals surface area contributed by atoms with Crippen molar-refractivity contribution in [2.75, 3.05) is 5.73 Å². The molecular formula is C17H15N5O2. The van der Waals surface area contributed by atoms with Crippen molar-refractivity contribution in [3.8, 4) is 11.3 Å². The number of pyridine rings is 1. The van der Waals surface area contributed by atoms with Crippen molar-refractivity contribution in [2.24, 2.45) is 0 Å². The first-order valence-corrected chi connectivity index (χ1v) is 7.27. The summed E-state index contributed by atoms with van der Waals surface area (Å²) in [6, 6.07) is 12.2. The van der Waals surface area contributed by atoms with Crippen LogP contribution in [0.1, 0.15) is 15.9 Å². The summed E-state index contributed by atoms with van der Waals surface area (Å²) >= 11 is 0. The third kappa shape index (κ3) is 3.30. The second-order valence-electron chi connectivity index (χ2n) is 5.11. The molecule has 0 atom stereocenters. The molecule has 24 heavy (non-hydrogen) atoms. The van der Waals surface area contributed by atoms with Gasteiger partial charge in [0.2, 0.25) is 0 Å². The van der Waals surface area contributed by atoms with Crippen LogP contribution in [0.5, 0.6) is 0 Å². The summed E-state index contributed by atoms with van der Waals surface area (Å²) < 4.78 is 0. The number of nitrogen functional groups attached to an aromatic ring is 1. The number of benzene rings is 1. The molecule has 2 aromatic heterocycles. The van der Waals surface area contributed by atoms with E-state index < -0.39 is 11.5 Å². The zero-order chi connectivity index (χ0) is 16.9. The van der Waals surface area contributed by atoms with Gasteiger partial charge in [-0.05, 0) is 29.8 Å². The van der Waals surface area contributed by atoms with Gasteiger partial charge in [-0.1, -0.05) is 18.2 Å². The number of anilines is 1. The van der Waals surface area contributed by atoms with Gasteiger partial charge in [-0.25, -0.2) is 5.10 Å². The van der Waals surface area contributed by atoms with Crippen LogP contribution in [-0.4, -0.2) is 21.1 Å². The molecule has 7 nitrogen and oxygen atoms in total. The van der Waals surface area contributed by atoms with E-state index in [-0.39, 0.29) is 12.1 Å². The molecule has 0 unspecified atom stereocenters. The summed E-state index contributed by atoms with van der Waals surface area (Å²) in [7, 11) is 0. The van der Waals surface area contributed by atoms with Crippen LogP contribution in [0.3, 0.4) is 0 Å². The highest BCUT2D eigenvalue weighted by atomic mass is 16.2. The fraction of sp³-hybridized carbons (Fsp3) is 0.0588. The monoisotopic (exact) mass is 321 g/mol. The summed E-state index contributed by atoms with van der Waals surface area (Å²) in [6.45, 7) is 0.234. The number of aromatic nitrogens is 3. The number of rotatable bonds is 4. The van der Waals surface area contributed by atoms with Gasteiger partial charge in [-0.3, -0.25) is 14.6 Å². The normalized spacial score (nSPS) is 10.3. The van der Waals surface area contributed by atoms with Crippen LogP contribution >= 0.6 is 0 Å². The van der Waals surface area contributed by atoms with E-state index in [1.807, 2.05) is 18.2 Å². The highest BCUT2D eigenvalue weighted by Crippen LogP contribution is 2.14. The zero-order valence-corrected chi connectivity index (χ0v) is 12.7. The fourth-order valence-corrected chi connectivity index (χ4v) is 2.21. The van der Waals surface area contributed by atoms with E-state index in [2.05, 4.69) is 20.5 Å². The molecule has 7 heteroatoms. The molecule has 0 aliphatic heterocycles. The first-order valence-electron chi connectivity index (χ1n) is 7.27. The van der Waals surface area contributed by atoms with E-state index in [9.17, 15) is 9.59 Å². The number of carbonyl (C=O) groups excluding carboxylic acids is 1. The molecule has 0 spiro atoms. The topological polar surface area (TPSA) is 114 Å². The van der Waals surface area contributed by atoms with Crippen LogP contribution in [0, 0.1) is 0 Å². The van der Waals surface area contributed by atoms with E-state index in [0.29, 0.717) is 11.4 Å². The lowest BCUT2D eigenvalue weighted by molar-refractivity contribution is 0.0949. The lowest BCUT2D eigenvalue weighted by Crippen LogP contribution is -2.30. The lowest BCUT2D eigenvalue weighted by Gasteiger charge is -2.08. The number of carbonyl (C=O) groups is 1. The smallest absolute Gasteiger partial charge is 0.277 e. The SMILES string of the molecule is Nc1ccccc1CNC(=O)c1cc(-c2ccncc2)n[nH]c1=O. The van der Waals surface area contributed by atoms with Gasteiger partial charge in [0.1, 0.15) is 5.56 Å². The second kappa shape index (κ2) is 6.74. The van der Waals surface area contributed by atoms with Crippen molar-refractivity contribution in [1.82, 2.24) is 20.5 Å². The maximum absolute atomic E-state index is 12.3. The molecule has 3 aromatic rings. The van der Waals surface area contributed by atoms with Crippen LogP contribution in [0.2, 0.25) is 0 Å². The molecule has 0 aliphatic carbocycles.